The summed E-state index contributed by atoms with van der Waals surface area (Å²) in [7, 11) is 1.64. The zero-order valence-corrected chi connectivity index (χ0v) is 17.5. The molecule has 1 aliphatic carbocycles. The molecule has 2 aliphatic rings. The molecule has 3 aromatic heterocycles. The number of aromatic nitrogens is 5. The van der Waals surface area contributed by atoms with Gasteiger partial charge in [0.05, 0.1) is 30.7 Å². The van der Waals surface area contributed by atoms with Gasteiger partial charge in [-0.3, -0.25) is 14.8 Å². The molecule has 2 fully saturated rings. The van der Waals surface area contributed by atoms with E-state index in [0.717, 1.165) is 29.9 Å². The molecule has 166 valence electrons. The summed E-state index contributed by atoms with van der Waals surface area (Å²) in [4.78, 5) is 8.89. The molecule has 1 saturated heterocycles. The second kappa shape index (κ2) is 8.17. The molecule has 5 rings (SSSR count). The number of H-pyrrole nitrogens is 1. The lowest BCUT2D eigenvalue weighted by molar-refractivity contribution is -0.158. The van der Waals surface area contributed by atoms with E-state index in [9.17, 15) is 5.11 Å². The minimum atomic E-state index is -0.983. The van der Waals surface area contributed by atoms with E-state index in [0.29, 0.717) is 31.4 Å². The second-order valence-electron chi connectivity index (χ2n) is 8.37. The van der Waals surface area contributed by atoms with Crippen LogP contribution in [0.5, 0.6) is 0 Å². The number of aliphatic hydroxyl groups is 1. The van der Waals surface area contributed by atoms with Crippen molar-refractivity contribution in [2.24, 2.45) is 0 Å². The van der Waals surface area contributed by atoms with Crippen molar-refractivity contribution in [2.45, 2.75) is 57.0 Å². The minimum Gasteiger partial charge on any atom is -0.378 e. The summed E-state index contributed by atoms with van der Waals surface area (Å²) in [5.41, 5.74) is 2.42. The van der Waals surface area contributed by atoms with Gasteiger partial charge in [-0.15, -0.1) is 0 Å². The first-order valence-electron chi connectivity index (χ1n) is 10.4. The number of nitrogens with one attached hydrogen (secondary N) is 3. The van der Waals surface area contributed by atoms with Crippen molar-refractivity contribution in [3.63, 3.8) is 0 Å². The predicted octanol–water partition coefficient (Wildman–Crippen LogP) is 1.61. The Morgan fingerprint density at radius 2 is 2.32 bits per heavy atom. The Bertz CT molecular complexity index is 1050. The number of methoxy groups -OCH3 is 1. The molecule has 1 aliphatic heterocycles. The zero-order chi connectivity index (χ0) is 21.4. The number of fused-ring (bicyclic) bond motifs is 1. The van der Waals surface area contributed by atoms with Crippen LogP contribution in [0.3, 0.4) is 0 Å². The standard InChI is InChI=1S/C20H27N7O4/c1-20(4-5-20)24-19(28)31-13-7-15(30-11-13)14-8-16(26-25-14)23-18-21-6-3-17-22-12(10-29-2)9-27(17)18/h3,6,8-9,13,15,19,24,28H,4-5,7,10-11H2,1-2H3,(H2,21,23,25,26)/t13-,15-,19?/m0/s1. The lowest BCUT2D eigenvalue weighted by Gasteiger charge is -2.21. The monoisotopic (exact) mass is 429 g/mol. The third-order valence-corrected chi connectivity index (χ3v) is 5.66. The van der Waals surface area contributed by atoms with Crippen LogP contribution in [0, 0.1) is 0 Å². The van der Waals surface area contributed by atoms with Crippen LogP contribution in [0.2, 0.25) is 0 Å². The lowest BCUT2D eigenvalue weighted by atomic mass is 10.1. The minimum absolute atomic E-state index is 0.00130. The normalized spacial score (nSPS) is 23.3. The van der Waals surface area contributed by atoms with Gasteiger partial charge in [0.1, 0.15) is 11.8 Å². The molecule has 31 heavy (non-hydrogen) atoms. The summed E-state index contributed by atoms with van der Waals surface area (Å²) in [5.74, 6) is 1.22. The number of imidazole rings is 1. The molecule has 3 aromatic rings. The van der Waals surface area contributed by atoms with Crippen molar-refractivity contribution in [2.75, 3.05) is 19.0 Å². The summed E-state index contributed by atoms with van der Waals surface area (Å²) in [6.45, 7) is 2.92. The summed E-state index contributed by atoms with van der Waals surface area (Å²) < 4.78 is 18.6. The van der Waals surface area contributed by atoms with Crippen molar-refractivity contribution in [3.05, 3.63) is 35.9 Å². The Labute approximate surface area is 179 Å². The molecule has 1 saturated carbocycles. The summed E-state index contributed by atoms with van der Waals surface area (Å²) in [6.07, 6.45) is 4.96. The average molecular weight is 429 g/mol. The van der Waals surface area contributed by atoms with E-state index in [4.69, 9.17) is 14.2 Å². The highest BCUT2D eigenvalue weighted by molar-refractivity contribution is 5.54. The summed E-state index contributed by atoms with van der Waals surface area (Å²) in [5, 5.41) is 23.7. The van der Waals surface area contributed by atoms with E-state index in [1.807, 2.05) is 22.7 Å². The molecule has 11 heteroatoms. The predicted molar refractivity (Wildman–Crippen MR) is 111 cm³/mol. The molecule has 0 radical (unpaired) electrons. The third kappa shape index (κ3) is 4.55. The number of nitrogens with zero attached hydrogens (tertiary/aromatic N) is 4. The van der Waals surface area contributed by atoms with Crippen molar-refractivity contribution in [1.29, 1.82) is 0 Å². The Hall–Kier alpha value is -2.57. The molecule has 4 N–H and O–H groups in total. The summed E-state index contributed by atoms with van der Waals surface area (Å²) >= 11 is 0. The number of ether oxygens (including phenoxy) is 3. The van der Waals surface area contributed by atoms with Crippen molar-refractivity contribution in [1.82, 2.24) is 29.9 Å². The van der Waals surface area contributed by atoms with Gasteiger partial charge in [0.15, 0.2) is 5.82 Å². The first kappa shape index (κ1) is 20.3. The fourth-order valence-corrected chi connectivity index (χ4v) is 3.72. The first-order chi connectivity index (χ1) is 15.0. The molecule has 0 aromatic carbocycles. The molecule has 0 spiro atoms. The van der Waals surface area contributed by atoms with Crippen LogP contribution in [0.25, 0.3) is 5.65 Å². The van der Waals surface area contributed by atoms with E-state index in [2.05, 4.69) is 37.7 Å². The maximum Gasteiger partial charge on any atom is 0.214 e. The number of hydrogen-bond donors (Lipinski definition) is 4. The van der Waals surface area contributed by atoms with E-state index < -0.39 is 6.41 Å². The molecule has 0 amide bonds. The second-order valence-corrected chi connectivity index (χ2v) is 8.37. The Kier molecular flexibility index (Phi) is 5.36. The van der Waals surface area contributed by atoms with E-state index in [1.165, 1.54) is 0 Å². The highest BCUT2D eigenvalue weighted by Crippen LogP contribution is 2.35. The number of aliphatic hydroxyl groups excluding tert-OH is 1. The number of rotatable bonds is 9. The fraction of sp³-hybridized carbons (Fsp3) is 0.550. The van der Waals surface area contributed by atoms with Crippen LogP contribution in [-0.2, 0) is 20.8 Å². The fourth-order valence-electron chi connectivity index (χ4n) is 3.72. The SMILES string of the molecule is COCc1cn2c(Nc3cc([C@@H]4C[C@H](OC(O)NC5(C)CC5)CO4)[nH]n3)nccc2n1. The molecule has 11 nitrogen and oxygen atoms in total. The van der Waals surface area contributed by atoms with Crippen LogP contribution < -0.4 is 10.6 Å². The van der Waals surface area contributed by atoms with E-state index in [1.54, 1.807) is 13.3 Å². The van der Waals surface area contributed by atoms with E-state index >= 15 is 0 Å². The zero-order valence-electron chi connectivity index (χ0n) is 17.5. The highest BCUT2D eigenvalue weighted by Gasteiger charge is 2.40. The Morgan fingerprint density at radius 1 is 1.45 bits per heavy atom. The molecule has 0 bridgehead atoms. The molecular formula is C20H27N7O4. The summed E-state index contributed by atoms with van der Waals surface area (Å²) in [6, 6.07) is 3.72. The molecule has 4 heterocycles. The third-order valence-electron chi connectivity index (χ3n) is 5.66. The smallest absolute Gasteiger partial charge is 0.214 e. The number of hydrogen-bond acceptors (Lipinski definition) is 9. The van der Waals surface area contributed by atoms with E-state index in [-0.39, 0.29) is 17.7 Å². The quantitative estimate of drug-likeness (QED) is 0.375. The van der Waals surface area contributed by atoms with Gasteiger partial charge in [-0.2, -0.15) is 5.10 Å². The molecular weight excluding hydrogens is 402 g/mol. The van der Waals surface area contributed by atoms with Crippen LogP contribution in [-0.4, -0.2) is 61.4 Å². The van der Waals surface area contributed by atoms with Crippen LogP contribution in [0.15, 0.2) is 24.5 Å². The Morgan fingerprint density at radius 3 is 3.13 bits per heavy atom. The lowest BCUT2D eigenvalue weighted by Crippen LogP contribution is -2.42. The van der Waals surface area contributed by atoms with Crippen molar-refractivity contribution < 1.29 is 19.3 Å². The molecule has 3 atom stereocenters. The van der Waals surface area contributed by atoms with Gasteiger partial charge >= 0.3 is 0 Å². The van der Waals surface area contributed by atoms with Gasteiger partial charge in [-0.05, 0) is 25.8 Å². The van der Waals surface area contributed by atoms with Gasteiger partial charge < -0.3 is 24.6 Å². The van der Waals surface area contributed by atoms with Gasteiger partial charge in [-0.1, -0.05) is 0 Å². The van der Waals surface area contributed by atoms with Crippen LogP contribution >= 0.6 is 0 Å². The van der Waals surface area contributed by atoms with Crippen LogP contribution in [0.4, 0.5) is 11.8 Å². The van der Waals surface area contributed by atoms with Crippen LogP contribution in [0.1, 0.15) is 43.7 Å². The maximum absolute atomic E-state index is 10.1. The Balaban J connectivity index is 1.21. The van der Waals surface area contributed by atoms with Gasteiger partial charge in [-0.25, -0.2) is 9.97 Å². The highest BCUT2D eigenvalue weighted by atomic mass is 16.6. The average Bonchev–Trinajstić information content (AvgIpc) is 3.16. The van der Waals surface area contributed by atoms with Crippen molar-refractivity contribution >= 4 is 17.4 Å². The molecule has 1 unspecified atom stereocenters. The van der Waals surface area contributed by atoms with Crippen molar-refractivity contribution in [3.8, 4) is 0 Å². The largest absolute Gasteiger partial charge is 0.378 e. The number of anilines is 2. The van der Waals surface area contributed by atoms with Gasteiger partial charge in [0, 0.05) is 37.5 Å². The first-order valence-corrected chi connectivity index (χ1v) is 10.4. The number of aromatic amines is 1. The van der Waals surface area contributed by atoms with Gasteiger partial charge in [0.25, 0.3) is 0 Å². The topological polar surface area (TPSA) is 131 Å². The van der Waals surface area contributed by atoms with Gasteiger partial charge in [0.2, 0.25) is 12.4 Å². The maximum atomic E-state index is 10.1.